The maximum absolute atomic E-state index is 2.21. The van der Waals surface area contributed by atoms with Gasteiger partial charge in [-0.3, -0.25) is 0 Å². The maximum atomic E-state index is 2.21. The highest BCUT2D eigenvalue weighted by molar-refractivity contribution is 7.97. The second kappa shape index (κ2) is 12.3. The molecule has 0 unspecified atom stereocenters. The van der Waals surface area contributed by atoms with Crippen LogP contribution in [0, 0.1) is 7.14 Å². The van der Waals surface area contributed by atoms with Crippen LogP contribution in [0.2, 0.25) is 0 Å². The summed E-state index contributed by atoms with van der Waals surface area (Å²) in [5, 5.41) is 0. The van der Waals surface area contributed by atoms with Crippen LogP contribution < -0.4 is 21.2 Å². The lowest BCUT2D eigenvalue weighted by Gasteiger charge is -2.07. The average Bonchev–Trinajstić information content (AvgIpc) is 2.88. The molecule has 0 fully saturated rings. The molecular formula is C30H25IS+2. The summed E-state index contributed by atoms with van der Waals surface area (Å²) in [5.41, 5.74) is 0. The van der Waals surface area contributed by atoms with Crippen molar-refractivity contribution in [3.05, 3.63) is 159 Å². The van der Waals surface area contributed by atoms with E-state index in [0.29, 0.717) is 0 Å². The highest BCUT2D eigenvalue weighted by Gasteiger charge is 2.27. The van der Waals surface area contributed by atoms with Crippen molar-refractivity contribution in [1.82, 2.24) is 0 Å². The molecule has 2 heteroatoms. The van der Waals surface area contributed by atoms with Gasteiger partial charge in [-0.1, -0.05) is 91.0 Å². The molecule has 0 amide bonds. The van der Waals surface area contributed by atoms with Crippen molar-refractivity contribution in [3.8, 4) is 0 Å². The molecule has 5 aromatic rings. The Hall–Kier alpha value is -2.82. The Balaban J connectivity index is 0.000000165. The number of hydrogen-bond donors (Lipinski definition) is 0. The fraction of sp³-hybridized carbons (Fsp3) is 0. The molecule has 0 radical (unpaired) electrons. The molecule has 0 aromatic heterocycles. The quantitative estimate of drug-likeness (QED) is 0.224. The summed E-state index contributed by atoms with van der Waals surface area (Å²) in [6, 6.07) is 53.6. The summed E-state index contributed by atoms with van der Waals surface area (Å²) < 4.78 is 2.96. The lowest BCUT2D eigenvalue weighted by molar-refractivity contribution is -0.597. The standard InChI is InChI=1S/C18H15S.C12H10I/c1-4-10-16(11-5-1)19(17-12-6-2-7-13-17)18-14-8-3-9-15-18;1-3-7-11(8-4-1)13-12-9-5-2-6-10-12/h1-15H;1-10H/q2*+1. The van der Waals surface area contributed by atoms with Gasteiger partial charge < -0.3 is 0 Å². The smallest absolute Gasteiger partial charge is 0.0619 e. The topological polar surface area (TPSA) is 0 Å². The van der Waals surface area contributed by atoms with Crippen molar-refractivity contribution in [1.29, 1.82) is 0 Å². The van der Waals surface area contributed by atoms with Crippen LogP contribution in [0.25, 0.3) is 0 Å². The van der Waals surface area contributed by atoms with Crippen LogP contribution in [0.15, 0.2) is 166 Å². The second-order valence-electron chi connectivity index (χ2n) is 6.93. The lowest BCUT2D eigenvalue weighted by Crippen LogP contribution is -3.61. The summed E-state index contributed by atoms with van der Waals surface area (Å²) >= 11 is 0.0287. The monoisotopic (exact) mass is 544 g/mol. The summed E-state index contributed by atoms with van der Waals surface area (Å²) in [6.45, 7) is 0. The molecule has 0 aliphatic heterocycles. The normalized spacial score (nSPS) is 10.3. The van der Waals surface area contributed by atoms with Gasteiger partial charge in [0, 0.05) is 0 Å². The van der Waals surface area contributed by atoms with Gasteiger partial charge in [0.25, 0.3) is 0 Å². The molecule has 0 bridgehead atoms. The number of halogens is 1. The Morgan fingerprint density at radius 3 is 0.844 bits per heavy atom. The summed E-state index contributed by atoms with van der Waals surface area (Å²) in [5.74, 6) is 0. The molecule has 156 valence electrons. The second-order valence-corrected chi connectivity index (χ2v) is 12.0. The molecule has 0 saturated heterocycles. The number of hydrogen-bond acceptors (Lipinski definition) is 0. The third kappa shape index (κ3) is 6.59. The molecule has 0 aliphatic carbocycles. The van der Waals surface area contributed by atoms with Crippen LogP contribution >= 0.6 is 0 Å². The average molecular weight is 545 g/mol. The third-order valence-corrected chi connectivity index (χ3v) is 9.54. The van der Waals surface area contributed by atoms with Crippen molar-refractivity contribution >= 4 is 10.9 Å². The zero-order valence-corrected chi connectivity index (χ0v) is 20.7. The Kier molecular flexibility index (Phi) is 8.58. The highest BCUT2D eigenvalue weighted by atomic mass is 127. The molecule has 5 rings (SSSR count). The lowest BCUT2D eigenvalue weighted by atomic mass is 10.4. The minimum Gasteiger partial charge on any atom is -0.0619 e. The molecule has 0 heterocycles. The molecule has 0 saturated carbocycles. The van der Waals surface area contributed by atoms with Gasteiger partial charge in [-0.05, 0) is 60.7 Å². The minimum atomic E-state index is -0.0146. The number of benzene rings is 5. The van der Waals surface area contributed by atoms with Crippen LogP contribution in [0.1, 0.15) is 0 Å². The van der Waals surface area contributed by atoms with Crippen molar-refractivity contribution in [2.75, 3.05) is 0 Å². The van der Waals surface area contributed by atoms with Gasteiger partial charge in [0.2, 0.25) is 0 Å². The Labute approximate surface area is 204 Å². The third-order valence-electron chi connectivity index (χ3n) is 4.62. The van der Waals surface area contributed by atoms with Gasteiger partial charge in [0.15, 0.2) is 21.8 Å². The van der Waals surface area contributed by atoms with E-state index in [2.05, 4.69) is 152 Å². The van der Waals surface area contributed by atoms with Gasteiger partial charge >= 0.3 is 21.2 Å². The number of rotatable bonds is 5. The van der Waals surface area contributed by atoms with E-state index in [-0.39, 0.29) is 32.1 Å². The van der Waals surface area contributed by atoms with Crippen molar-refractivity contribution in [2.45, 2.75) is 14.7 Å². The Morgan fingerprint density at radius 2 is 0.562 bits per heavy atom. The van der Waals surface area contributed by atoms with Crippen LogP contribution in [0.3, 0.4) is 0 Å². The van der Waals surface area contributed by atoms with Crippen LogP contribution in [0.4, 0.5) is 0 Å². The molecule has 0 nitrogen and oxygen atoms in total. The van der Waals surface area contributed by atoms with E-state index < -0.39 is 0 Å². The SMILES string of the molecule is c1ccc([I+]c2ccccc2)cc1.c1ccc([S+](c2ccccc2)c2ccccc2)cc1. The first kappa shape index (κ1) is 22.4. The first-order valence-corrected chi connectivity index (χ1v) is 13.9. The molecule has 0 aliphatic rings. The van der Waals surface area contributed by atoms with E-state index in [1.54, 1.807) is 0 Å². The zero-order valence-electron chi connectivity index (χ0n) is 17.7. The van der Waals surface area contributed by atoms with E-state index >= 15 is 0 Å². The molecule has 0 spiro atoms. The fourth-order valence-corrected chi connectivity index (χ4v) is 7.53. The summed E-state index contributed by atoms with van der Waals surface area (Å²) in [7, 11) is -0.0146. The van der Waals surface area contributed by atoms with Crippen LogP contribution in [-0.2, 0) is 10.9 Å². The van der Waals surface area contributed by atoms with Gasteiger partial charge in [-0.25, -0.2) is 0 Å². The summed E-state index contributed by atoms with van der Waals surface area (Å²) in [6.07, 6.45) is 0. The van der Waals surface area contributed by atoms with E-state index in [1.807, 2.05) is 0 Å². The first-order chi connectivity index (χ1) is 15.9. The van der Waals surface area contributed by atoms with E-state index in [4.69, 9.17) is 0 Å². The predicted molar refractivity (Wildman–Crippen MR) is 132 cm³/mol. The molecule has 0 N–H and O–H groups in total. The maximum Gasteiger partial charge on any atom is 0.357 e. The van der Waals surface area contributed by atoms with Crippen molar-refractivity contribution in [3.63, 3.8) is 0 Å². The van der Waals surface area contributed by atoms with Crippen molar-refractivity contribution < 1.29 is 21.2 Å². The van der Waals surface area contributed by atoms with Crippen LogP contribution in [-0.4, -0.2) is 0 Å². The molecular weight excluding hydrogens is 519 g/mol. The van der Waals surface area contributed by atoms with E-state index in [0.717, 1.165) is 0 Å². The van der Waals surface area contributed by atoms with Gasteiger partial charge in [0.05, 0.1) is 10.9 Å². The minimum absolute atomic E-state index is 0.0146. The van der Waals surface area contributed by atoms with Gasteiger partial charge in [-0.2, -0.15) is 0 Å². The zero-order chi connectivity index (χ0) is 21.8. The van der Waals surface area contributed by atoms with E-state index in [9.17, 15) is 0 Å². The fourth-order valence-electron chi connectivity index (χ4n) is 3.16. The first-order valence-electron chi connectivity index (χ1n) is 10.5. The summed E-state index contributed by atoms with van der Waals surface area (Å²) in [4.78, 5) is 4.08. The Bertz CT molecular complexity index is 1030. The van der Waals surface area contributed by atoms with Gasteiger partial charge in [-0.15, -0.1) is 0 Å². The molecule has 32 heavy (non-hydrogen) atoms. The predicted octanol–water partition coefficient (Wildman–Crippen LogP) is 4.60. The highest BCUT2D eigenvalue weighted by Crippen LogP contribution is 2.30. The molecule has 0 atom stereocenters. The molecule has 5 aromatic carbocycles. The van der Waals surface area contributed by atoms with E-state index in [1.165, 1.54) is 21.8 Å². The Morgan fingerprint density at radius 1 is 0.312 bits per heavy atom. The largest absolute Gasteiger partial charge is 0.357 e. The van der Waals surface area contributed by atoms with Gasteiger partial charge in [0.1, 0.15) is 0 Å². The van der Waals surface area contributed by atoms with Crippen molar-refractivity contribution in [2.24, 2.45) is 0 Å². The van der Waals surface area contributed by atoms with Crippen LogP contribution in [0.5, 0.6) is 0 Å².